The largest absolute Gasteiger partial charge is 0.382 e. The van der Waals surface area contributed by atoms with E-state index in [0.717, 1.165) is 6.42 Å². The van der Waals surface area contributed by atoms with Gasteiger partial charge in [0.25, 0.3) is 5.91 Å². The molecule has 0 fully saturated rings. The molecule has 1 heterocycles. The zero-order chi connectivity index (χ0) is 14.3. The second-order valence-corrected chi connectivity index (χ2v) is 4.23. The average molecular weight is 265 g/mol. The number of hydrogen-bond donors (Lipinski definition) is 3. The molecule has 0 spiro atoms. The molecule has 1 rings (SSSR count). The van der Waals surface area contributed by atoms with Gasteiger partial charge in [-0.3, -0.25) is 9.59 Å². The van der Waals surface area contributed by atoms with Crippen LogP contribution < -0.4 is 16.4 Å². The molecule has 0 radical (unpaired) electrons. The highest BCUT2D eigenvalue weighted by Gasteiger charge is 2.09. The van der Waals surface area contributed by atoms with E-state index in [0.29, 0.717) is 0 Å². The molecule has 2 amide bonds. The minimum Gasteiger partial charge on any atom is -0.382 e. The van der Waals surface area contributed by atoms with E-state index in [1.54, 1.807) is 0 Å². The fourth-order valence-corrected chi connectivity index (χ4v) is 1.29. The predicted octanol–water partition coefficient (Wildman–Crippen LogP) is 0.0934. The van der Waals surface area contributed by atoms with Gasteiger partial charge in [-0.05, 0) is 25.5 Å². The van der Waals surface area contributed by atoms with Gasteiger partial charge in [-0.15, -0.1) is 10.2 Å². The Morgan fingerprint density at radius 2 is 2.11 bits per heavy atom. The average Bonchev–Trinajstić information content (AvgIpc) is 2.39. The number of rotatable bonds is 6. The Kier molecular flexibility index (Phi) is 5.72. The van der Waals surface area contributed by atoms with Gasteiger partial charge in [-0.25, -0.2) is 0 Å². The summed E-state index contributed by atoms with van der Waals surface area (Å²) in [7, 11) is 0. The third-order valence-corrected chi connectivity index (χ3v) is 2.58. The Morgan fingerprint density at radius 3 is 2.68 bits per heavy atom. The molecule has 0 saturated carbocycles. The standard InChI is InChI=1S/C12H19N5O2/c1-3-8(2)15-11(18)6-7-14-12(19)9-4-5-10(13)17-16-9/h4-5,8H,3,6-7H2,1-2H3,(H2,13,17)(H,14,19)(H,15,18). The fourth-order valence-electron chi connectivity index (χ4n) is 1.29. The highest BCUT2D eigenvalue weighted by Crippen LogP contribution is 1.97. The van der Waals surface area contributed by atoms with Crippen LogP contribution in [0, 0.1) is 0 Å². The van der Waals surface area contributed by atoms with Crippen molar-refractivity contribution >= 4 is 17.6 Å². The molecular formula is C12H19N5O2. The normalized spacial score (nSPS) is 11.7. The second kappa shape index (κ2) is 7.30. The van der Waals surface area contributed by atoms with Crippen LogP contribution in [0.2, 0.25) is 0 Å². The van der Waals surface area contributed by atoms with Crippen molar-refractivity contribution in [2.24, 2.45) is 0 Å². The zero-order valence-corrected chi connectivity index (χ0v) is 11.1. The molecule has 1 unspecified atom stereocenters. The van der Waals surface area contributed by atoms with Crippen LogP contribution in [0.5, 0.6) is 0 Å². The first-order valence-electron chi connectivity index (χ1n) is 6.19. The van der Waals surface area contributed by atoms with E-state index in [1.165, 1.54) is 12.1 Å². The maximum absolute atomic E-state index is 11.6. The topological polar surface area (TPSA) is 110 Å². The molecule has 7 heteroatoms. The van der Waals surface area contributed by atoms with Crippen molar-refractivity contribution in [3.8, 4) is 0 Å². The van der Waals surface area contributed by atoms with Gasteiger partial charge in [-0.2, -0.15) is 0 Å². The summed E-state index contributed by atoms with van der Waals surface area (Å²) in [5.74, 6) is -0.202. The summed E-state index contributed by atoms with van der Waals surface area (Å²) in [6.07, 6.45) is 1.11. The van der Waals surface area contributed by atoms with Gasteiger partial charge in [0.15, 0.2) is 5.69 Å². The number of carbonyl (C=O) groups is 2. The molecular weight excluding hydrogens is 246 g/mol. The number of nitrogens with zero attached hydrogens (tertiary/aromatic N) is 2. The lowest BCUT2D eigenvalue weighted by Crippen LogP contribution is -2.35. The maximum Gasteiger partial charge on any atom is 0.271 e. The summed E-state index contributed by atoms with van der Waals surface area (Å²) in [6, 6.07) is 3.13. The third kappa shape index (κ3) is 5.33. The highest BCUT2D eigenvalue weighted by molar-refractivity contribution is 5.92. The summed E-state index contributed by atoms with van der Waals surface area (Å²) in [6.45, 7) is 4.18. The molecule has 1 aromatic heterocycles. The molecule has 1 atom stereocenters. The lowest BCUT2D eigenvalue weighted by atomic mass is 10.2. The summed E-state index contributed by atoms with van der Waals surface area (Å²) in [4.78, 5) is 23.1. The van der Waals surface area contributed by atoms with Crippen molar-refractivity contribution in [1.82, 2.24) is 20.8 Å². The summed E-state index contributed by atoms with van der Waals surface area (Å²) in [5.41, 5.74) is 5.55. The van der Waals surface area contributed by atoms with Crippen LogP contribution in [0.15, 0.2) is 12.1 Å². The number of carbonyl (C=O) groups excluding carboxylic acids is 2. The van der Waals surface area contributed by atoms with Crippen LogP contribution >= 0.6 is 0 Å². The van der Waals surface area contributed by atoms with E-state index in [9.17, 15) is 9.59 Å². The van der Waals surface area contributed by atoms with E-state index in [-0.39, 0.29) is 42.3 Å². The van der Waals surface area contributed by atoms with Crippen molar-refractivity contribution in [2.45, 2.75) is 32.7 Å². The van der Waals surface area contributed by atoms with E-state index in [4.69, 9.17) is 5.73 Å². The van der Waals surface area contributed by atoms with Crippen LogP contribution in [-0.2, 0) is 4.79 Å². The Balaban J connectivity index is 2.31. The highest BCUT2D eigenvalue weighted by atomic mass is 16.2. The number of aromatic nitrogens is 2. The van der Waals surface area contributed by atoms with Crippen LogP contribution in [0.4, 0.5) is 5.82 Å². The first-order valence-corrected chi connectivity index (χ1v) is 6.19. The monoisotopic (exact) mass is 265 g/mol. The predicted molar refractivity (Wildman–Crippen MR) is 71.3 cm³/mol. The smallest absolute Gasteiger partial charge is 0.271 e. The Bertz CT molecular complexity index is 432. The van der Waals surface area contributed by atoms with E-state index >= 15 is 0 Å². The van der Waals surface area contributed by atoms with Crippen molar-refractivity contribution in [3.05, 3.63) is 17.8 Å². The van der Waals surface area contributed by atoms with Gasteiger partial charge in [0.2, 0.25) is 5.91 Å². The number of nitrogens with two attached hydrogens (primary N) is 1. The van der Waals surface area contributed by atoms with Crippen LogP contribution in [0.3, 0.4) is 0 Å². The summed E-state index contributed by atoms with van der Waals surface area (Å²) >= 11 is 0. The van der Waals surface area contributed by atoms with Gasteiger partial charge < -0.3 is 16.4 Å². The molecule has 19 heavy (non-hydrogen) atoms. The van der Waals surface area contributed by atoms with Crippen molar-refractivity contribution < 1.29 is 9.59 Å². The number of amides is 2. The second-order valence-electron chi connectivity index (χ2n) is 4.23. The van der Waals surface area contributed by atoms with Gasteiger partial charge >= 0.3 is 0 Å². The Morgan fingerprint density at radius 1 is 1.37 bits per heavy atom. The van der Waals surface area contributed by atoms with Gasteiger partial charge in [0.05, 0.1) is 0 Å². The lowest BCUT2D eigenvalue weighted by molar-refractivity contribution is -0.121. The van der Waals surface area contributed by atoms with E-state index in [1.807, 2.05) is 13.8 Å². The molecule has 1 aromatic rings. The lowest BCUT2D eigenvalue weighted by Gasteiger charge is -2.11. The van der Waals surface area contributed by atoms with Gasteiger partial charge in [0.1, 0.15) is 5.82 Å². The number of nitrogen functional groups attached to an aromatic ring is 1. The van der Waals surface area contributed by atoms with Crippen molar-refractivity contribution in [2.75, 3.05) is 12.3 Å². The Labute approximate surface area is 112 Å². The number of nitrogens with one attached hydrogen (secondary N) is 2. The fraction of sp³-hybridized carbons (Fsp3) is 0.500. The third-order valence-electron chi connectivity index (χ3n) is 2.58. The van der Waals surface area contributed by atoms with Crippen LogP contribution in [-0.4, -0.2) is 34.6 Å². The minimum absolute atomic E-state index is 0.0851. The molecule has 0 aromatic carbocycles. The van der Waals surface area contributed by atoms with Gasteiger partial charge in [0, 0.05) is 19.0 Å². The number of hydrogen-bond acceptors (Lipinski definition) is 5. The maximum atomic E-state index is 11.6. The number of anilines is 1. The van der Waals surface area contributed by atoms with Crippen LogP contribution in [0.1, 0.15) is 37.2 Å². The molecule has 0 aliphatic carbocycles. The van der Waals surface area contributed by atoms with E-state index in [2.05, 4.69) is 20.8 Å². The zero-order valence-electron chi connectivity index (χ0n) is 11.1. The van der Waals surface area contributed by atoms with Crippen LogP contribution in [0.25, 0.3) is 0 Å². The Hall–Kier alpha value is -2.18. The van der Waals surface area contributed by atoms with Crippen molar-refractivity contribution in [3.63, 3.8) is 0 Å². The molecule has 4 N–H and O–H groups in total. The molecule has 0 saturated heterocycles. The quantitative estimate of drug-likeness (QED) is 0.675. The first-order chi connectivity index (χ1) is 9.02. The molecule has 0 aliphatic rings. The molecule has 0 bridgehead atoms. The SMILES string of the molecule is CCC(C)NC(=O)CCNC(=O)c1ccc(N)nn1. The first kappa shape index (κ1) is 14.9. The summed E-state index contributed by atoms with van der Waals surface area (Å²) in [5, 5.41) is 12.6. The molecule has 7 nitrogen and oxygen atoms in total. The molecule has 0 aliphatic heterocycles. The van der Waals surface area contributed by atoms with Gasteiger partial charge in [-0.1, -0.05) is 6.92 Å². The minimum atomic E-state index is -0.371. The van der Waals surface area contributed by atoms with E-state index < -0.39 is 0 Å². The van der Waals surface area contributed by atoms with Crippen molar-refractivity contribution in [1.29, 1.82) is 0 Å². The summed E-state index contributed by atoms with van der Waals surface area (Å²) < 4.78 is 0. The molecule has 104 valence electrons.